The van der Waals surface area contributed by atoms with E-state index in [4.69, 9.17) is 15.2 Å². The molecule has 108 valence electrons. The van der Waals surface area contributed by atoms with Gasteiger partial charge in [-0.1, -0.05) is 0 Å². The van der Waals surface area contributed by atoms with Crippen LogP contribution in [0.15, 0.2) is 0 Å². The number of ether oxygens (including phenoxy) is 2. The number of hydrogen-bond donors (Lipinski definition) is 1. The van der Waals surface area contributed by atoms with Crippen LogP contribution in [0.25, 0.3) is 0 Å². The number of rotatable bonds is 9. The summed E-state index contributed by atoms with van der Waals surface area (Å²) in [5.74, 6) is 1.21. The van der Waals surface area contributed by atoms with Gasteiger partial charge in [-0.25, -0.2) is 8.42 Å². The lowest BCUT2D eigenvalue weighted by Crippen LogP contribution is -2.25. The zero-order valence-electron chi connectivity index (χ0n) is 11.1. The van der Waals surface area contributed by atoms with Crippen molar-refractivity contribution in [3.8, 4) is 0 Å². The van der Waals surface area contributed by atoms with Gasteiger partial charge in [-0.3, -0.25) is 0 Å². The summed E-state index contributed by atoms with van der Waals surface area (Å²) in [5, 5.41) is 0. The summed E-state index contributed by atoms with van der Waals surface area (Å²) >= 11 is 0. The van der Waals surface area contributed by atoms with Crippen molar-refractivity contribution in [2.75, 3.05) is 45.0 Å². The molecule has 1 aliphatic rings. The van der Waals surface area contributed by atoms with E-state index in [0.717, 1.165) is 19.3 Å². The van der Waals surface area contributed by atoms with E-state index >= 15 is 0 Å². The third kappa shape index (κ3) is 5.65. The average molecular weight is 279 g/mol. The first-order chi connectivity index (χ1) is 8.59. The highest BCUT2D eigenvalue weighted by molar-refractivity contribution is 7.91. The Morgan fingerprint density at radius 1 is 1.33 bits per heavy atom. The number of hydrogen-bond acceptors (Lipinski definition) is 5. The molecule has 1 aliphatic heterocycles. The van der Waals surface area contributed by atoms with Gasteiger partial charge in [-0.15, -0.1) is 0 Å². The lowest BCUT2D eigenvalue weighted by Gasteiger charge is -2.20. The minimum atomic E-state index is -2.80. The van der Waals surface area contributed by atoms with Crippen LogP contribution in [0.5, 0.6) is 0 Å². The molecule has 18 heavy (non-hydrogen) atoms. The third-order valence-corrected chi connectivity index (χ3v) is 5.33. The van der Waals surface area contributed by atoms with Crippen molar-refractivity contribution in [2.24, 2.45) is 17.6 Å². The van der Waals surface area contributed by atoms with Crippen LogP contribution >= 0.6 is 0 Å². The van der Waals surface area contributed by atoms with Crippen molar-refractivity contribution >= 4 is 9.84 Å². The molecule has 0 aliphatic carbocycles. The first-order valence-corrected chi connectivity index (χ1v) is 8.38. The van der Waals surface area contributed by atoms with E-state index in [0.29, 0.717) is 43.8 Å². The molecule has 0 saturated carbocycles. The summed E-state index contributed by atoms with van der Waals surface area (Å²) in [6.07, 6.45) is 2.65. The lowest BCUT2D eigenvalue weighted by atomic mass is 9.88. The second kappa shape index (κ2) is 8.09. The Balaban J connectivity index is 2.18. The Labute approximate surface area is 110 Å². The van der Waals surface area contributed by atoms with E-state index < -0.39 is 9.84 Å². The van der Waals surface area contributed by atoms with Crippen LogP contribution in [-0.2, 0) is 19.3 Å². The summed E-state index contributed by atoms with van der Waals surface area (Å²) < 4.78 is 33.1. The molecular formula is C12H25NO4S. The van der Waals surface area contributed by atoms with Gasteiger partial charge in [-0.05, 0) is 37.6 Å². The molecule has 1 heterocycles. The standard InChI is InChI=1S/C12H25NO4S/c1-16-6-7-17-5-2-3-11(9-13)12-4-8-18(14,15)10-12/h11-12H,2-10,13H2,1H3. The molecule has 2 unspecified atom stereocenters. The Morgan fingerprint density at radius 2 is 2.11 bits per heavy atom. The quantitative estimate of drug-likeness (QED) is 0.620. The third-order valence-electron chi connectivity index (χ3n) is 3.53. The maximum atomic E-state index is 11.4. The van der Waals surface area contributed by atoms with E-state index in [1.165, 1.54) is 0 Å². The summed E-state index contributed by atoms with van der Waals surface area (Å²) in [7, 11) is -1.15. The topological polar surface area (TPSA) is 78.6 Å². The van der Waals surface area contributed by atoms with Crippen molar-refractivity contribution in [3.05, 3.63) is 0 Å². The fraction of sp³-hybridized carbons (Fsp3) is 1.00. The Kier molecular flexibility index (Phi) is 7.14. The molecule has 0 aromatic carbocycles. The van der Waals surface area contributed by atoms with Gasteiger partial charge in [0.25, 0.3) is 0 Å². The predicted octanol–water partition coefficient (Wildman–Crippen LogP) is 0.439. The number of sulfone groups is 1. The normalized spacial score (nSPS) is 24.2. The molecule has 2 atom stereocenters. The highest BCUT2D eigenvalue weighted by Gasteiger charge is 2.32. The van der Waals surface area contributed by atoms with Crippen molar-refractivity contribution in [3.63, 3.8) is 0 Å². The zero-order valence-corrected chi connectivity index (χ0v) is 12.0. The van der Waals surface area contributed by atoms with E-state index in [-0.39, 0.29) is 5.92 Å². The van der Waals surface area contributed by atoms with E-state index in [9.17, 15) is 8.42 Å². The molecule has 1 saturated heterocycles. The van der Waals surface area contributed by atoms with Crippen LogP contribution in [-0.4, -0.2) is 53.4 Å². The van der Waals surface area contributed by atoms with Crippen molar-refractivity contribution < 1.29 is 17.9 Å². The molecule has 1 rings (SSSR count). The summed E-state index contributed by atoms with van der Waals surface area (Å²) in [4.78, 5) is 0. The lowest BCUT2D eigenvalue weighted by molar-refractivity contribution is 0.0664. The Bertz CT molecular complexity index is 318. The fourth-order valence-electron chi connectivity index (χ4n) is 2.43. The molecule has 2 N–H and O–H groups in total. The average Bonchev–Trinajstić information content (AvgIpc) is 2.69. The van der Waals surface area contributed by atoms with Crippen LogP contribution in [0.3, 0.4) is 0 Å². The molecular weight excluding hydrogens is 254 g/mol. The van der Waals surface area contributed by atoms with Gasteiger partial charge in [0.2, 0.25) is 0 Å². The van der Waals surface area contributed by atoms with Gasteiger partial charge in [0.1, 0.15) is 0 Å². The Morgan fingerprint density at radius 3 is 2.67 bits per heavy atom. The van der Waals surface area contributed by atoms with Crippen molar-refractivity contribution in [1.29, 1.82) is 0 Å². The van der Waals surface area contributed by atoms with Crippen molar-refractivity contribution in [1.82, 2.24) is 0 Å². The van der Waals surface area contributed by atoms with Gasteiger partial charge < -0.3 is 15.2 Å². The smallest absolute Gasteiger partial charge is 0.150 e. The van der Waals surface area contributed by atoms with E-state index in [1.807, 2.05) is 0 Å². The minimum absolute atomic E-state index is 0.249. The molecule has 0 aromatic heterocycles. The molecule has 5 nitrogen and oxygen atoms in total. The summed E-state index contributed by atoms with van der Waals surface area (Å²) in [6, 6.07) is 0. The van der Waals surface area contributed by atoms with Crippen LogP contribution < -0.4 is 5.73 Å². The molecule has 0 radical (unpaired) electrons. The second-order valence-corrected chi connectivity index (χ2v) is 7.14. The largest absolute Gasteiger partial charge is 0.382 e. The van der Waals surface area contributed by atoms with E-state index in [1.54, 1.807) is 7.11 Å². The van der Waals surface area contributed by atoms with Crippen LogP contribution in [0.1, 0.15) is 19.3 Å². The number of nitrogens with two attached hydrogens (primary N) is 1. The predicted molar refractivity (Wildman–Crippen MR) is 71.2 cm³/mol. The zero-order chi connectivity index (χ0) is 13.4. The molecule has 0 bridgehead atoms. The van der Waals surface area contributed by atoms with Crippen LogP contribution in [0, 0.1) is 11.8 Å². The SMILES string of the molecule is COCCOCCCC(CN)C1CCS(=O)(=O)C1. The molecule has 0 spiro atoms. The molecule has 0 aromatic rings. The highest BCUT2D eigenvalue weighted by atomic mass is 32.2. The van der Waals surface area contributed by atoms with Crippen LogP contribution in [0.2, 0.25) is 0 Å². The van der Waals surface area contributed by atoms with Gasteiger partial charge in [0.05, 0.1) is 24.7 Å². The molecule has 0 amide bonds. The number of methoxy groups -OCH3 is 1. The minimum Gasteiger partial charge on any atom is -0.382 e. The fourth-order valence-corrected chi connectivity index (χ4v) is 4.35. The van der Waals surface area contributed by atoms with E-state index in [2.05, 4.69) is 0 Å². The first-order valence-electron chi connectivity index (χ1n) is 6.56. The monoisotopic (exact) mass is 279 g/mol. The Hall–Kier alpha value is -0.170. The first kappa shape index (κ1) is 15.9. The summed E-state index contributed by atoms with van der Waals surface area (Å²) in [6.45, 7) is 2.49. The maximum Gasteiger partial charge on any atom is 0.150 e. The van der Waals surface area contributed by atoms with Crippen molar-refractivity contribution in [2.45, 2.75) is 19.3 Å². The summed E-state index contributed by atoms with van der Waals surface area (Å²) in [5.41, 5.74) is 5.75. The van der Waals surface area contributed by atoms with Crippen LogP contribution in [0.4, 0.5) is 0 Å². The van der Waals surface area contributed by atoms with Gasteiger partial charge in [-0.2, -0.15) is 0 Å². The van der Waals surface area contributed by atoms with Gasteiger partial charge >= 0.3 is 0 Å². The molecule has 1 fully saturated rings. The van der Waals surface area contributed by atoms with Gasteiger partial charge in [0, 0.05) is 13.7 Å². The van der Waals surface area contributed by atoms with Gasteiger partial charge in [0.15, 0.2) is 9.84 Å². The molecule has 6 heteroatoms. The maximum absolute atomic E-state index is 11.4. The second-order valence-electron chi connectivity index (χ2n) is 4.91. The highest BCUT2D eigenvalue weighted by Crippen LogP contribution is 2.28.